The molecule has 0 unspecified atom stereocenters. The third kappa shape index (κ3) is 2.31. The molecule has 102 valence electrons. The van der Waals surface area contributed by atoms with Gasteiger partial charge in [-0.3, -0.25) is 0 Å². The number of nitriles is 1. The van der Waals surface area contributed by atoms with Gasteiger partial charge in [-0.1, -0.05) is 0 Å². The Hall–Kier alpha value is -2.89. The summed E-state index contributed by atoms with van der Waals surface area (Å²) in [4.78, 5) is 10.9. The molecule has 2 rings (SSSR count). The van der Waals surface area contributed by atoms with Crippen LogP contribution in [0.3, 0.4) is 0 Å². The molecule has 0 aliphatic carbocycles. The second kappa shape index (κ2) is 4.65. The molecule has 0 amide bonds. The Labute approximate surface area is 109 Å². The molecular weight excluding hydrogens is 277 g/mol. The number of aromatic carboxylic acids is 1. The van der Waals surface area contributed by atoms with E-state index < -0.39 is 23.3 Å². The van der Waals surface area contributed by atoms with Crippen LogP contribution in [0.1, 0.15) is 21.5 Å². The molecule has 0 aliphatic rings. The lowest BCUT2D eigenvalue weighted by Gasteiger charge is -2.04. The summed E-state index contributed by atoms with van der Waals surface area (Å²) in [6.07, 6.45) is -2.31. The average molecular weight is 282 g/mol. The Balaban J connectivity index is 2.66. The lowest BCUT2D eigenvalue weighted by molar-refractivity contribution is -0.138. The number of aromatic nitrogens is 3. The van der Waals surface area contributed by atoms with Crippen molar-refractivity contribution in [3.63, 3.8) is 0 Å². The van der Waals surface area contributed by atoms with E-state index in [0.29, 0.717) is 6.20 Å². The Morgan fingerprint density at radius 1 is 1.40 bits per heavy atom. The van der Waals surface area contributed by atoms with E-state index in [1.165, 1.54) is 12.3 Å². The third-order valence-corrected chi connectivity index (χ3v) is 2.43. The predicted molar refractivity (Wildman–Crippen MR) is 58.0 cm³/mol. The van der Waals surface area contributed by atoms with Crippen molar-refractivity contribution in [2.24, 2.45) is 0 Å². The SMILES string of the molecule is N#Cc1ccnnc1-n1cc(C(=O)O)c(C(F)(F)F)c1. The number of rotatable bonds is 2. The first-order valence-corrected chi connectivity index (χ1v) is 5.09. The van der Waals surface area contributed by atoms with Crippen molar-refractivity contribution in [2.75, 3.05) is 0 Å². The Morgan fingerprint density at radius 2 is 2.10 bits per heavy atom. The maximum atomic E-state index is 12.7. The van der Waals surface area contributed by atoms with Gasteiger partial charge in [0.15, 0.2) is 5.82 Å². The lowest BCUT2D eigenvalue weighted by Crippen LogP contribution is -2.09. The molecule has 0 bridgehead atoms. The Kier molecular flexibility index (Phi) is 3.15. The van der Waals surface area contributed by atoms with Crippen molar-refractivity contribution in [3.8, 4) is 11.9 Å². The highest BCUT2D eigenvalue weighted by molar-refractivity contribution is 5.89. The van der Waals surface area contributed by atoms with E-state index >= 15 is 0 Å². The molecule has 0 saturated carbocycles. The maximum Gasteiger partial charge on any atom is 0.418 e. The van der Waals surface area contributed by atoms with Crippen molar-refractivity contribution >= 4 is 5.97 Å². The molecule has 20 heavy (non-hydrogen) atoms. The quantitative estimate of drug-likeness (QED) is 0.907. The van der Waals surface area contributed by atoms with Gasteiger partial charge >= 0.3 is 12.1 Å². The number of carboxylic acids is 1. The number of carbonyl (C=O) groups is 1. The molecule has 2 aromatic heterocycles. The number of hydrogen-bond acceptors (Lipinski definition) is 4. The van der Waals surface area contributed by atoms with Crippen molar-refractivity contribution < 1.29 is 23.1 Å². The largest absolute Gasteiger partial charge is 0.478 e. The second-order valence-electron chi connectivity index (χ2n) is 3.68. The van der Waals surface area contributed by atoms with Gasteiger partial charge in [0.05, 0.1) is 22.9 Å². The van der Waals surface area contributed by atoms with Crippen molar-refractivity contribution in [1.29, 1.82) is 5.26 Å². The van der Waals surface area contributed by atoms with Crippen LogP contribution in [0.4, 0.5) is 13.2 Å². The predicted octanol–water partition coefficient (Wildman–Crippen LogP) is 1.86. The van der Waals surface area contributed by atoms with Crippen LogP contribution in [0.15, 0.2) is 24.7 Å². The molecule has 2 aromatic rings. The Bertz CT molecular complexity index is 715. The van der Waals surface area contributed by atoms with E-state index in [-0.39, 0.29) is 11.4 Å². The summed E-state index contributed by atoms with van der Waals surface area (Å²) in [5, 5.41) is 24.7. The van der Waals surface area contributed by atoms with Crippen LogP contribution >= 0.6 is 0 Å². The summed E-state index contributed by atoms with van der Waals surface area (Å²) < 4.78 is 39.0. The van der Waals surface area contributed by atoms with Crippen LogP contribution < -0.4 is 0 Å². The first-order chi connectivity index (χ1) is 9.34. The second-order valence-corrected chi connectivity index (χ2v) is 3.68. The first kappa shape index (κ1) is 13.5. The van der Waals surface area contributed by atoms with E-state index in [0.717, 1.165) is 10.8 Å². The molecule has 9 heteroatoms. The zero-order chi connectivity index (χ0) is 14.9. The summed E-state index contributed by atoms with van der Waals surface area (Å²) >= 11 is 0. The summed E-state index contributed by atoms with van der Waals surface area (Å²) in [6, 6.07) is 3.00. The standard InChI is InChI=1S/C11H5F3N4O2/c12-11(13,14)8-5-18(4-7(8)10(19)20)9-6(3-15)1-2-16-17-9/h1-2,4-5H,(H,19,20). The van der Waals surface area contributed by atoms with E-state index in [9.17, 15) is 18.0 Å². The van der Waals surface area contributed by atoms with Gasteiger partial charge in [-0.05, 0) is 6.07 Å². The minimum absolute atomic E-state index is 0.0272. The normalized spacial score (nSPS) is 11.1. The first-order valence-electron chi connectivity index (χ1n) is 5.09. The number of hydrogen-bond donors (Lipinski definition) is 1. The highest BCUT2D eigenvalue weighted by Gasteiger charge is 2.37. The van der Waals surface area contributed by atoms with Crippen molar-refractivity contribution in [2.45, 2.75) is 6.18 Å². The highest BCUT2D eigenvalue weighted by atomic mass is 19.4. The zero-order valence-corrected chi connectivity index (χ0v) is 9.59. The van der Waals surface area contributed by atoms with Crippen LogP contribution in [0.25, 0.3) is 5.82 Å². The van der Waals surface area contributed by atoms with Gasteiger partial charge in [0.1, 0.15) is 6.07 Å². The fourth-order valence-electron chi connectivity index (χ4n) is 1.58. The molecule has 0 radical (unpaired) electrons. The van der Waals surface area contributed by atoms with Gasteiger partial charge in [0.25, 0.3) is 0 Å². The van der Waals surface area contributed by atoms with Crippen molar-refractivity contribution in [3.05, 3.63) is 41.3 Å². The summed E-state index contributed by atoms with van der Waals surface area (Å²) in [5.74, 6) is -1.90. The zero-order valence-electron chi connectivity index (χ0n) is 9.59. The molecule has 0 fully saturated rings. The van der Waals surface area contributed by atoms with Gasteiger partial charge in [-0.15, -0.1) is 5.10 Å². The molecule has 0 aliphatic heterocycles. The molecule has 0 atom stereocenters. The minimum atomic E-state index is -4.83. The van der Waals surface area contributed by atoms with E-state index in [1.807, 2.05) is 0 Å². The molecular formula is C11H5F3N4O2. The minimum Gasteiger partial charge on any atom is -0.478 e. The Morgan fingerprint density at radius 3 is 2.60 bits per heavy atom. The van der Waals surface area contributed by atoms with Gasteiger partial charge in [-0.25, -0.2) is 4.79 Å². The molecule has 6 nitrogen and oxygen atoms in total. The third-order valence-electron chi connectivity index (χ3n) is 2.43. The van der Waals surface area contributed by atoms with Crippen LogP contribution in [-0.2, 0) is 6.18 Å². The fourth-order valence-corrected chi connectivity index (χ4v) is 1.58. The maximum absolute atomic E-state index is 12.7. The van der Waals surface area contributed by atoms with E-state index in [1.54, 1.807) is 6.07 Å². The van der Waals surface area contributed by atoms with Gasteiger partial charge in [0, 0.05) is 12.4 Å². The lowest BCUT2D eigenvalue weighted by atomic mass is 10.2. The van der Waals surface area contributed by atoms with E-state index in [4.69, 9.17) is 10.4 Å². The average Bonchev–Trinajstić information content (AvgIpc) is 2.83. The summed E-state index contributed by atoms with van der Waals surface area (Å²) in [7, 11) is 0. The van der Waals surface area contributed by atoms with Gasteiger partial charge in [-0.2, -0.15) is 23.5 Å². The summed E-state index contributed by atoms with van der Waals surface area (Å²) in [5.41, 5.74) is -2.27. The molecule has 2 heterocycles. The number of carboxylic acid groups (broad SMARTS) is 1. The van der Waals surface area contributed by atoms with Crippen LogP contribution in [0.5, 0.6) is 0 Å². The van der Waals surface area contributed by atoms with Gasteiger partial charge in [0.2, 0.25) is 0 Å². The monoisotopic (exact) mass is 282 g/mol. The number of alkyl halides is 3. The van der Waals surface area contributed by atoms with E-state index in [2.05, 4.69) is 10.2 Å². The number of halogens is 3. The number of nitrogens with zero attached hydrogens (tertiary/aromatic N) is 4. The van der Waals surface area contributed by atoms with Crippen LogP contribution in [0, 0.1) is 11.3 Å². The smallest absolute Gasteiger partial charge is 0.418 e. The topological polar surface area (TPSA) is 91.8 Å². The van der Waals surface area contributed by atoms with Gasteiger partial charge < -0.3 is 9.67 Å². The van der Waals surface area contributed by atoms with Crippen LogP contribution in [-0.4, -0.2) is 25.8 Å². The molecule has 0 spiro atoms. The van der Waals surface area contributed by atoms with Crippen molar-refractivity contribution in [1.82, 2.24) is 14.8 Å². The highest BCUT2D eigenvalue weighted by Crippen LogP contribution is 2.33. The summed E-state index contributed by atoms with van der Waals surface area (Å²) in [6.45, 7) is 0. The molecule has 0 aromatic carbocycles. The molecule has 1 N–H and O–H groups in total. The molecule has 0 saturated heterocycles. The van der Waals surface area contributed by atoms with Crippen LogP contribution in [0.2, 0.25) is 0 Å². The fraction of sp³-hybridized carbons (Fsp3) is 0.0909.